The van der Waals surface area contributed by atoms with Gasteiger partial charge < -0.3 is 15.2 Å². The molecule has 1 fully saturated rings. The van der Waals surface area contributed by atoms with Gasteiger partial charge in [0.15, 0.2) is 0 Å². The smallest absolute Gasteiger partial charge is 0.254 e. The van der Waals surface area contributed by atoms with Crippen LogP contribution >= 0.6 is 0 Å². The zero-order valence-corrected chi connectivity index (χ0v) is 10.2. The third-order valence-corrected chi connectivity index (χ3v) is 3.47. The van der Waals surface area contributed by atoms with Gasteiger partial charge >= 0.3 is 0 Å². The summed E-state index contributed by atoms with van der Waals surface area (Å²) in [6.07, 6.45) is 2.89. The Morgan fingerprint density at radius 2 is 2.28 bits per heavy atom. The number of rotatable bonds is 4. The maximum absolute atomic E-state index is 13.4. The number of carbonyl (C=O) groups excluding carboxylic acids is 1. The topological polar surface area (TPSA) is 58.6 Å². The Morgan fingerprint density at radius 3 is 2.78 bits per heavy atom. The van der Waals surface area contributed by atoms with Crippen LogP contribution in [-0.2, 0) is 4.74 Å². The molecule has 0 heterocycles. The van der Waals surface area contributed by atoms with Crippen LogP contribution in [-0.4, -0.2) is 30.3 Å². The molecule has 5 heteroatoms. The zero-order chi connectivity index (χ0) is 13.2. The van der Waals surface area contributed by atoms with E-state index in [9.17, 15) is 9.18 Å². The minimum atomic E-state index is -0.729. The summed E-state index contributed by atoms with van der Waals surface area (Å²) in [7, 11) is 1.62. The van der Waals surface area contributed by atoms with E-state index >= 15 is 0 Å². The highest BCUT2D eigenvalue weighted by Crippen LogP contribution is 2.34. The predicted molar refractivity (Wildman–Crippen MR) is 64.0 cm³/mol. The van der Waals surface area contributed by atoms with Crippen molar-refractivity contribution >= 4 is 5.91 Å². The van der Waals surface area contributed by atoms with E-state index < -0.39 is 11.7 Å². The molecule has 0 spiro atoms. The number of methoxy groups -OCH3 is 1. The lowest BCUT2D eigenvalue weighted by atomic mass is 9.80. The van der Waals surface area contributed by atoms with Gasteiger partial charge in [-0.2, -0.15) is 0 Å². The highest BCUT2D eigenvalue weighted by molar-refractivity contribution is 5.94. The van der Waals surface area contributed by atoms with E-state index in [2.05, 4.69) is 5.32 Å². The molecule has 1 amide bonds. The maximum atomic E-state index is 13.4. The van der Waals surface area contributed by atoms with Crippen molar-refractivity contribution in [3.63, 3.8) is 0 Å². The molecule has 4 nitrogen and oxygen atoms in total. The lowest BCUT2D eigenvalue weighted by molar-refractivity contribution is -0.0679. The van der Waals surface area contributed by atoms with Gasteiger partial charge in [0.2, 0.25) is 0 Å². The minimum absolute atomic E-state index is 0.0709. The summed E-state index contributed by atoms with van der Waals surface area (Å²) >= 11 is 0. The van der Waals surface area contributed by atoms with Crippen LogP contribution in [0.25, 0.3) is 0 Å². The molecule has 1 saturated carbocycles. The van der Waals surface area contributed by atoms with E-state index in [-0.39, 0.29) is 16.9 Å². The number of phenolic OH excluding ortho intramolecular Hbond substituents is 1. The fraction of sp³-hybridized carbons (Fsp3) is 0.462. The van der Waals surface area contributed by atoms with Crippen molar-refractivity contribution in [1.29, 1.82) is 0 Å². The first kappa shape index (κ1) is 12.8. The fourth-order valence-electron chi connectivity index (χ4n) is 2.05. The molecular weight excluding hydrogens is 237 g/mol. The summed E-state index contributed by atoms with van der Waals surface area (Å²) in [4.78, 5) is 11.8. The van der Waals surface area contributed by atoms with E-state index in [0.717, 1.165) is 25.3 Å². The van der Waals surface area contributed by atoms with Gasteiger partial charge in [0.25, 0.3) is 5.91 Å². The Morgan fingerprint density at radius 1 is 1.56 bits per heavy atom. The SMILES string of the molecule is COC1(CNC(=O)c2ccc(O)cc2F)CCC1. The summed E-state index contributed by atoms with van der Waals surface area (Å²) in [6.45, 7) is 0.378. The number of hydrogen-bond acceptors (Lipinski definition) is 3. The Kier molecular flexibility index (Phi) is 3.52. The van der Waals surface area contributed by atoms with Crippen LogP contribution < -0.4 is 5.32 Å². The second-order valence-electron chi connectivity index (χ2n) is 4.59. The van der Waals surface area contributed by atoms with Crippen molar-refractivity contribution < 1.29 is 19.0 Å². The second-order valence-corrected chi connectivity index (χ2v) is 4.59. The van der Waals surface area contributed by atoms with E-state index in [1.54, 1.807) is 7.11 Å². The summed E-state index contributed by atoms with van der Waals surface area (Å²) in [5, 5.41) is 11.7. The fourth-order valence-corrected chi connectivity index (χ4v) is 2.05. The van der Waals surface area contributed by atoms with Crippen LogP contribution in [0.15, 0.2) is 18.2 Å². The van der Waals surface area contributed by atoms with Gasteiger partial charge in [-0.1, -0.05) is 0 Å². The van der Waals surface area contributed by atoms with Crippen molar-refractivity contribution in [1.82, 2.24) is 5.32 Å². The first-order valence-corrected chi connectivity index (χ1v) is 5.88. The Balaban J connectivity index is 1.99. The van der Waals surface area contributed by atoms with Gasteiger partial charge in [-0.3, -0.25) is 4.79 Å². The second kappa shape index (κ2) is 4.94. The van der Waals surface area contributed by atoms with Crippen molar-refractivity contribution in [2.45, 2.75) is 24.9 Å². The molecule has 1 aromatic rings. The molecule has 0 saturated heterocycles. The van der Waals surface area contributed by atoms with E-state index in [0.29, 0.717) is 6.54 Å². The molecule has 0 aromatic heterocycles. The van der Waals surface area contributed by atoms with Crippen molar-refractivity contribution in [2.75, 3.05) is 13.7 Å². The molecule has 1 aliphatic rings. The van der Waals surface area contributed by atoms with Crippen LogP contribution in [0.1, 0.15) is 29.6 Å². The summed E-state index contributed by atoms with van der Waals surface area (Å²) in [5.74, 6) is -1.42. The molecule has 1 aromatic carbocycles. The largest absolute Gasteiger partial charge is 0.508 e. The van der Waals surface area contributed by atoms with Crippen molar-refractivity contribution in [3.8, 4) is 5.75 Å². The van der Waals surface area contributed by atoms with E-state index in [4.69, 9.17) is 9.84 Å². The third-order valence-electron chi connectivity index (χ3n) is 3.47. The quantitative estimate of drug-likeness (QED) is 0.860. The van der Waals surface area contributed by atoms with Gasteiger partial charge in [0, 0.05) is 19.7 Å². The van der Waals surface area contributed by atoms with Crippen LogP contribution in [0, 0.1) is 5.82 Å². The van der Waals surface area contributed by atoms with Gasteiger partial charge in [-0.15, -0.1) is 0 Å². The predicted octanol–water partition coefficient (Wildman–Crippen LogP) is 1.83. The highest BCUT2D eigenvalue weighted by Gasteiger charge is 2.37. The van der Waals surface area contributed by atoms with Gasteiger partial charge in [0.05, 0.1) is 11.2 Å². The Labute approximate surface area is 105 Å². The molecule has 0 bridgehead atoms. The normalized spacial score (nSPS) is 17.0. The number of benzene rings is 1. The van der Waals surface area contributed by atoms with Crippen molar-refractivity contribution in [2.24, 2.45) is 0 Å². The third kappa shape index (κ3) is 2.46. The Hall–Kier alpha value is -1.62. The van der Waals surface area contributed by atoms with Gasteiger partial charge in [0.1, 0.15) is 11.6 Å². The average Bonchev–Trinajstić information content (AvgIpc) is 2.27. The van der Waals surface area contributed by atoms with Crippen LogP contribution in [0.4, 0.5) is 4.39 Å². The lowest BCUT2D eigenvalue weighted by Crippen LogP contribution is -2.49. The summed E-state index contributed by atoms with van der Waals surface area (Å²) < 4.78 is 18.8. The number of hydrogen-bond donors (Lipinski definition) is 2. The van der Waals surface area contributed by atoms with Gasteiger partial charge in [-0.05, 0) is 31.4 Å². The summed E-state index contributed by atoms with van der Waals surface area (Å²) in [5.41, 5.74) is -0.360. The number of carbonyl (C=O) groups is 1. The molecule has 0 atom stereocenters. The molecular formula is C13H16FNO3. The number of ether oxygens (including phenoxy) is 1. The molecule has 0 aliphatic heterocycles. The maximum Gasteiger partial charge on any atom is 0.254 e. The molecule has 2 rings (SSSR count). The van der Waals surface area contributed by atoms with Crippen LogP contribution in [0.2, 0.25) is 0 Å². The lowest BCUT2D eigenvalue weighted by Gasteiger charge is -2.40. The summed E-state index contributed by atoms with van der Waals surface area (Å²) in [6, 6.07) is 3.47. The molecule has 0 unspecified atom stereocenters. The van der Waals surface area contributed by atoms with Crippen LogP contribution in [0.5, 0.6) is 5.75 Å². The standard InChI is InChI=1S/C13H16FNO3/c1-18-13(5-2-6-13)8-15-12(17)10-4-3-9(16)7-11(10)14/h3-4,7,16H,2,5-6,8H2,1H3,(H,15,17). The average molecular weight is 253 g/mol. The first-order valence-electron chi connectivity index (χ1n) is 5.88. The monoisotopic (exact) mass is 253 g/mol. The first-order chi connectivity index (χ1) is 8.56. The number of amides is 1. The molecule has 18 heavy (non-hydrogen) atoms. The number of aromatic hydroxyl groups is 1. The molecule has 0 radical (unpaired) electrons. The van der Waals surface area contributed by atoms with Crippen molar-refractivity contribution in [3.05, 3.63) is 29.6 Å². The zero-order valence-electron chi connectivity index (χ0n) is 10.2. The number of phenols is 1. The molecule has 2 N–H and O–H groups in total. The Bertz CT molecular complexity index is 452. The van der Waals surface area contributed by atoms with E-state index in [1.807, 2.05) is 0 Å². The number of nitrogens with one attached hydrogen (secondary N) is 1. The van der Waals surface area contributed by atoms with Gasteiger partial charge in [-0.25, -0.2) is 4.39 Å². The highest BCUT2D eigenvalue weighted by atomic mass is 19.1. The molecule has 98 valence electrons. The molecule has 1 aliphatic carbocycles. The minimum Gasteiger partial charge on any atom is -0.508 e. The number of halogens is 1. The van der Waals surface area contributed by atoms with Crippen LogP contribution in [0.3, 0.4) is 0 Å². The van der Waals surface area contributed by atoms with E-state index in [1.165, 1.54) is 12.1 Å².